The first-order valence-corrected chi connectivity index (χ1v) is 6.26. The summed E-state index contributed by atoms with van der Waals surface area (Å²) >= 11 is 0. The molecule has 0 aliphatic heterocycles. The van der Waals surface area contributed by atoms with Crippen molar-refractivity contribution in [3.63, 3.8) is 0 Å². The predicted molar refractivity (Wildman–Crippen MR) is 71.6 cm³/mol. The number of carbonyl (C=O) groups excluding carboxylic acids is 1. The van der Waals surface area contributed by atoms with Crippen LogP contribution in [0.5, 0.6) is 0 Å². The number of benzene rings is 1. The summed E-state index contributed by atoms with van der Waals surface area (Å²) in [7, 11) is 0. The Morgan fingerprint density at radius 2 is 1.95 bits per heavy atom. The first-order valence-electron chi connectivity index (χ1n) is 6.26. The monoisotopic (exact) mass is 297 g/mol. The molecule has 2 rings (SSSR count). The van der Waals surface area contributed by atoms with E-state index in [0.717, 1.165) is 12.1 Å². The van der Waals surface area contributed by atoms with Crippen LogP contribution in [0.15, 0.2) is 30.5 Å². The van der Waals surface area contributed by atoms with Crippen molar-refractivity contribution >= 4 is 5.91 Å². The standard InChI is InChI=1S/C14H14F3N3O/c1-8(2)20-12(5-6-19-20)9-3-4-10(13(18)21)11(7-9)14(15,16)17/h3-8H,1-2H3,(H2,18,21). The number of hydrogen-bond acceptors (Lipinski definition) is 2. The van der Waals surface area contributed by atoms with Gasteiger partial charge < -0.3 is 5.73 Å². The lowest BCUT2D eigenvalue weighted by Crippen LogP contribution is -2.19. The van der Waals surface area contributed by atoms with Crippen molar-refractivity contribution in [3.05, 3.63) is 41.6 Å². The van der Waals surface area contributed by atoms with Gasteiger partial charge in [-0.25, -0.2) is 0 Å². The van der Waals surface area contributed by atoms with Crippen LogP contribution in [-0.4, -0.2) is 15.7 Å². The van der Waals surface area contributed by atoms with E-state index in [0.29, 0.717) is 11.3 Å². The van der Waals surface area contributed by atoms with E-state index in [1.54, 1.807) is 10.7 Å². The summed E-state index contributed by atoms with van der Waals surface area (Å²) in [6, 6.07) is 5.08. The second-order valence-electron chi connectivity index (χ2n) is 4.88. The molecule has 4 nitrogen and oxygen atoms in total. The van der Waals surface area contributed by atoms with Crippen LogP contribution < -0.4 is 5.73 Å². The molecule has 0 radical (unpaired) electrons. The molecule has 112 valence electrons. The summed E-state index contributed by atoms with van der Waals surface area (Å²) < 4.78 is 40.8. The molecule has 0 spiro atoms. The Morgan fingerprint density at radius 1 is 1.29 bits per heavy atom. The summed E-state index contributed by atoms with van der Waals surface area (Å²) in [5.41, 5.74) is 4.30. The van der Waals surface area contributed by atoms with Crippen LogP contribution in [0.3, 0.4) is 0 Å². The third-order valence-corrected chi connectivity index (χ3v) is 3.05. The Kier molecular flexibility index (Phi) is 3.76. The van der Waals surface area contributed by atoms with E-state index in [9.17, 15) is 18.0 Å². The van der Waals surface area contributed by atoms with Crippen molar-refractivity contribution < 1.29 is 18.0 Å². The molecular weight excluding hydrogens is 283 g/mol. The summed E-state index contributed by atoms with van der Waals surface area (Å²) in [5.74, 6) is -1.11. The average Bonchev–Trinajstić information content (AvgIpc) is 2.86. The fraction of sp³-hybridized carbons (Fsp3) is 0.286. The van der Waals surface area contributed by atoms with Crippen molar-refractivity contribution in [2.75, 3.05) is 0 Å². The minimum atomic E-state index is -4.65. The highest BCUT2D eigenvalue weighted by Gasteiger charge is 2.35. The molecule has 0 bridgehead atoms. The van der Waals surface area contributed by atoms with Crippen molar-refractivity contribution in [2.24, 2.45) is 5.73 Å². The number of nitrogens with two attached hydrogens (primary N) is 1. The molecule has 0 fully saturated rings. The third-order valence-electron chi connectivity index (χ3n) is 3.05. The van der Waals surface area contributed by atoms with Gasteiger partial charge >= 0.3 is 6.18 Å². The molecule has 1 aromatic heterocycles. The number of hydrogen-bond donors (Lipinski definition) is 1. The van der Waals surface area contributed by atoms with E-state index in [1.807, 2.05) is 13.8 Å². The Morgan fingerprint density at radius 3 is 2.48 bits per heavy atom. The lowest BCUT2D eigenvalue weighted by molar-refractivity contribution is -0.137. The van der Waals surface area contributed by atoms with E-state index in [1.165, 1.54) is 12.3 Å². The van der Waals surface area contributed by atoms with Crippen LogP contribution in [0.4, 0.5) is 13.2 Å². The average molecular weight is 297 g/mol. The molecule has 7 heteroatoms. The predicted octanol–water partition coefficient (Wildman–Crippen LogP) is 3.25. The fourth-order valence-corrected chi connectivity index (χ4v) is 2.11. The van der Waals surface area contributed by atoms with Gasteiger partial charge in [0.2, 0.25) is 5.91 Å². The Labute approximate surface area is 119 Å². The largest absolute Gasteiger partial charge is 0.417 e. The Hall–Kier alpha value is -2.31. The molecule has 0 atom stereocenters. The topological polar surface area (TPSA) is 60.9 Å². The van der Waals surface area contributed by atoms with Crippen LogP contribution in [-0.2, 0) is 6.18 Å². The van der Waals surface area contributed by atoms with Crippen molar-refractivity contribution in [1.29, 1.82) is 0 Å². The van der Waals surface area contributed by atoms with Crippen molar-refractivity contribution in [3.8, 4) is 11.3 Å². The van der Waals surface area contributed by atoms with Gasteiger partial charge in [0.05, 0.1) is 16.8 Å². The zero-order valence-corrected chi connectivity index (χ0v) is 11.5. The second-order valence-corrected chi connectivity index (χ2v) is 4.88. The number of amides is 1. The van der Waals surface area contributed by atoms with Gasteiger partial charge in [-0.05, 0) is 32.0 Å². The normalized spacial score (nSPS) is 11.9. The molecular formula is C14H14F3N3O. The number of alkyl halides is 3. The Bertz CT molecular complexity index is 674. The SMILES string of the molecule is CC(C)n1nccc1-c1ccc(C(N)=O)c(C(F)(F)F)c1. The third kappa shape index (κ3) is 2.91. The molecule has 1 heterocycles. The summed E-state index contributed by atoms with van der Waals surface area (Å²) in [6.45, 7) is 3.75. The van der Waals surface area contributed by atoms with Gasteiger partial charge in [0, 0.05) is 17.8 Å². The van der Waals surface area contributed by atoms with E-state index in [2.05, 4.69) is 5.10 Å². The zero-order chi connectivity index (χ0) is 15.8. The molecule has 21 heavy (non-hydrogen) atoms. The maximum absolute atomic E-state index is 13.1. The number of rotatable bonds is 3. The molecule has 0 saturated carbocycles. The van der Waals surface area contributed by atoms with Crippen LogP contribution in [0, 0.1) is 0 Å². The van der Waals surface area contributed by atoms with E-state index in [-0.39, 0.29) is 6.04 Å². The van der Waals surface area contributed by atoms with Gasteiger partial charge in [0.1, 0.15) is 0 Å². The summed E-state index contributed by atoms with van der Waals surface area (Å²) in [4.78, 5) is 11.1. The highest BCUT2D eigenvalue weighted by molar-refractivity contribution is 5.95. The molecule has 0 unspecified atom stereocenters. The minimum Gasteiger partial charge on any atom is -0.366 e. The molecule has 0 aliphatic carbocycles. The first kappa shape index (κ1) is 15.1. The van der Waals surface area contributed by atoms with E-state index in [4.69, 9.17) is 5.73 Å². The fourth-order valence-electron chi connectivity index (χ4n) is 2.11. The van der Waals surface area contributed by atoms with Gasteiger partial charge in [-0.1, -0.05) is 6.07 Å². The summed E-state index contributed by atoms with van der Waals surface area (Å²) in [5, 5.41) is 4.09. The first-order chi connectivity index (χ1) is 9.71. The molecule has 2 N–H and O–H groups in total. The van der Waals surface area contributed by atoms with Gasteiger partial charge in [0.25, 0.3) is 0 Å². The lowest BCUT2D eigenvalue weighted by atomic mass is 10.0. The number of halogens is 3. The smallest absolute Gasteiger partial charge is 0.366 e. The molecule has 2 aromatic rings. The molecule has 1 aromatic carbocycles. The van der Waals surface area contributed by atoms with Gasteiger partial charge in [-0.15, -0.1) is 0 Å². The van der Waals surface area contributed by atoms with Crippen LogP contribution in [0.25, 0.3) is 11.3 Å². The van der Waals surface area contributed by atoms with Crippen LogP contribution >= 0.6 is 0 Å². The number of carbonyl (C=O) groups is 1. The lowest BCUT2D eigenvalue weighted by Gasteiger charge is -2.15. The minimum absolute atomic E-state index is 0.000142. The molecule has 1 amide bonds. The molecule has 0 saturated heterocycles. The zero-order valence-electron chi connectivity index (χ0n) is 11.5. The second kappa shape index (κ2) is 5.23. The summed E-state index contributed by atoms with van der Waals surface area (Å²) in [6.07, 6.45) is -3.13. The molecule has 0 aliphatic rings. The maximum atomic E-state index is 13.1. The number of nitrogens with zero attached hydrogens (tertiary/aromatic N) is 2. The van der Waals surface area contributed by atoms with Gasteiger partial charge in [-0.3, -0.25) is 9.48 Å². The van der Waals surface area contributed by atoms with E-state index < -0.39 is 23.2 Å². The number of aromatic nitrogens is 2. The van der Waals surface area contributed by atoms with Gasteiger partial charge in [0.15, 0.2) is 0 Å². The number of primary amides is 1. The Balaban J connectivity index is 2.62. The van der Waals surface area contributed by atoms with Crippen molar-refractivity contribution in [2.45, 2.75) is 26.1 Å². The van der Waals surface area contributed by atoms with Gasteiger partial charge in [-0.2, -0.15) is 18.3 Å². The van der Waals surface area contributed by atoms with Crippen molar-refractivity contribution in [1.82, 2.24) is 9.78 Å². The van der Waals surface area contributed by atoms with Crippen LogP contribution in [0.1, 0.15) is 35.8 Å². The maximum Gasteiger partial charge on any atom is 0.417 e. The van der Waals surface area contributed by atoms with Crippen LogP contribution in [0.2, 0.25) is 0 Å². The van der Waals surface area contributed by atoms with E-state index >= 15 is 0 Å². The highest BCUT2D eigenvalue weighted by atomic mass is 19.4. The quantitative estimate of drug-likeness (QED) is 0.945. The highest BCUT2D eigenvalue weighted by Crippen LogP contribution is 2.35.